The molecule has 0 radical (unpaired) electrons. The van der Waals surface area contributed by atoms with Crippen molar-refractivity contribution >= 4 is 22.8 Å². The Balaban J connectivity index is 2.29. The molecular weight excluding hydrogens is 230 g/mol. The molecule has 0 aliphatic heterocycles. The number of fused-ring (bicyclic) bond motifs is 1. The van der Waals surface area contributed by atoms with Crippen LogP contribution in [-0.4, -0.2) is 29.8 Å². The van der Waals surface area contributed by atoms with E-state index in [1.165, 1.54) is 0 Å². The molecule has 2 rings (SSSR count). The van der Waals surface area contributed by atoms with Crippen molar-refractivity contribution in [2.45, 2.75) is 19.8 Å². The van der Waals surface area contributed by atoms with E-state index < -0.39 is 0 Å². The molecule has 0 aliphatic carbocycles. The number of aliphatic hydroxyl groups excluding tert-OH is 1. The monoisotopic (exact) mass is 249 g/mol. The molecule has 1 aromatic heterocycles. The van der Waals surface area contributed by atoms with E-state index in [9.17, 15) is 0 Å². The van der Waals surface area contributed by atoms with Crippen LogP contribution >= 0.6 is 0 Å². The quantitative estimate of drug-likeness (QED) is 0.766. The SMILES string of the molecule is CCCCN(CCO)c1nc2c(N)cccc2o1. The van der Waals surface area contributed by atoms with Gasteiger partial charge in [0.25, 0.3) is 6.01 Å². The molecule has 0 amide bonds. The number of oxazole rings is 1. The molecule has 1 aromatic carbocycles. The summed E-state index contributed by atoms with van der Waals surface area (Å²) in [6.45, 7) is 3.55. The highest BCUT2D eigenvalue weighted by molar-refractivity contribution is 5.86. The van der Waals surface area contributed by atoms with E-state index in [0.29, 0.717) is 29.3 Å². The molecule has 0 aliphatic rings. The third kappa shape index (κ3) is 2.56. The zero-order valence-electron chi connectivity index (χ0n) is 10.6. The van der Waals surface area contributed by atoms with Gasteiger partial charge in [-0.3, -0.25) is 0 Å². The van der Waals surface area contributed by atoms with Crippen LogP contribution in [0.2, 0.25) is 0 Å². The third-order valence-corrected chi connectivity index (χ3v) is 2.86. The number of para-hydroxylation sites is 1. The lowest BCUT2D eigenvalue weighted by Gasteiger charge is -2.18. The van der Waals surface area contributed by atoms with Crippen LogP contribution in [0, 0.1) is 0 Å². The van der Waals surface area contributed by atoms with Gasteiger partial charge in [0.15, 0.2) is 5.58 Å². The molecule has 0 unspecified atom stereocenters. The van der Waals surface area contributed by atoms with E-state index in [0.717, 1.165) is 19.4 Å². The van der Waals surface area contributed by atoms with E-state index in [1.807, 2.05) is 17.0 Å². The van der Waals surface area contributed by atoms with Crippen LogP contribution in [0.15, 0.2) is 22.6 Å². The Labute approximate surface area is 106 Å². The van der Waals surface area contributed by atoms with Crippen molar-refractivity contribution in [1.29, 1.82) is 0 Å². The van der Waals surface area contributed by atoms with Crippen molar-refractivity contribution in [2.75, 3.05) is 30.3 Å². The maximum absolute atomic E-state index is 9.09. The van der Waals surface area contributed by atoms with Crippen LogP contribution in [0.3, 0.4) is 0 Å². The summed E-state index contributed by atoms with van der Waals surface area (Å²) in [6, 6.07) is 6.02. The average Bonchev–Trinajstić information content (AvgIpc) is 2.80. The summed E-state index contributed by atoms with van der Waals surface area (Å²) in [5, 5.41) is 9.09. The zero-order chi connectivity index (χ0) is 13.0. The number of hydrogen-bond acceptors (Lipinski definition) is 5. The minimum absolute atomic E-state index is 0.0813. The van der Waals surface area contributed by atoms with Gasteiger partial charge in [0.2, 0.25) is 0 Å². The van der Waals surface area contributed by atoms with E-state index in [4.69, 9.17) is 15.3 Å². The Hall–Kier alpha value is -1.75. The van der Waals surface area contributed by atoms with Crippen LogP contribution in [0.4, 0.5) is 11.7 Å². The minimum Gasteiger partial charge on any atom is -0.423 e. The number of rotatable bonds is 6. The van der Waals surface area contributed by atoms with Gasteiger partial charge in [0.1, 0.15) is 5.52 Å². The fourth-order valence-electron chi connectivity index (χ4n) is 1.87. The predicted molar refractivity (Wildman–Crippen MR) is 72.6 cm³/mol. The minimum atomic E-state index is 0.0813. The summed E-state index contributed by atoms with van der Waals surface area (Å²) < 4.78 is 5.68. The smallest absolute Gasteiger partial charge is 0.298 e. The molecule has 0 saturated heterocycles. The van der Waals surface area contributed by atoms with E-state index in [1.54, 1.807) is 6.07 Å². The summed E-state index contributed by atoms with van der Waals surface area (Å²) in [5.41, 5.74) is 7.84. The molecule has 0 fully saturated rings. The first-order chi connectivity index (χ1) is 8.76. The molecule has 3 N–H and O–H groups in total. The largest absolute Gasteiger partial charge is 0.423 e. The Morgan fingerprint density at radius 3 is 2.89 bits per heavy atom. The van der Waals surface area contributed by atoms with Crippen LogP contribution < -0.4 is 10.6 Å². The van der Waals surface area contributed by atoms with Gasteiger partial charge in [-0.2, -0.15) is 4.98 Å². The van der Waals surface area contributed by atoms with Gasteiger partial charge in [-0.25, -0.2) is 0 Å². The zero-order valence-corrected chi connectivity index (χ0v) is 10.6. The topological polar surface area (TPSA) is 75.5 Å². The average molecular weight is 249 g/mol. The van der Waals surface area contributed by atoms with Crippen molar-refractivity contribution < 1.29 is 9.52 Å². The summed E-state index contributed by atoms with van der Waals surface area (Å²) in [4.78, 5) is 6.35. The first-order valence-electron chi connectivity index (χ1n) is 6.27. The summed E-state index contributed by atoms with van der Waals surface area (Å²) in [6.07, 6.45) is 2.12. The van der Waals surface area contributed by atoms with Crippen LogP contribution in [0.25, 0.3) is 11.1 Å². The molecule has 0 spiro atoms. The highest BCUT2D eigenvalue weighted by atomic mass is 16.4. The molecule has 0 atom stereocenters. The molecule has 18 heavy (non-hydrogen) atoms. The second kappa shape index (κ2) is 5.73. The maximum Gasteiger partial charge on any atom is 0.298 e. The van der Waals surface area contributed by atoms with Gasteiger partial charge in [0, 0.05) is 13.1 Å². The van der Waals surface area contributed by atoms with E-state index in [-0.39, 0.29) is 6.61 Å². The number of aromatic nitrogens is 1. The molecular formula is C13H19N3O2. The normalized spacial score (nSPS) is 11.0. The van der Waals surface area contributed by atoms with E-state index in [2.05, 4.69) is 11.9 Å². The summed E-state index contributed by atoms with van der Waals surface area (Å²) in [5.74, 6) is 0. The molecule has 0 saturated carbocycles. The van der Waals surface area contributed by atoms with Crippen LogP contribution in [0.5, 0.6) is 0 Å². The Morgan fingerprint density at radius 1 is 1.39 bits per heavy atom. The molecule has 0 bridgehead atoms. The van der Waals surface area contributed by atoms with Crippen molar-refractivity contribution in [1.82, 2.24) is 4.98 Å². The fraction of sp³-hybridized carbons (Fsp3) is 0.462. The molecule has 2 aromatic rings. The van der Waals surface area contributed by atoms with Gasteiger partial charge >= 0.3 is 0 Å². The van der Waals surface area contributed by atoms with Gasteiger partial charge in [-0.15, -0.1) is 0 Å². The summed E-state index contributed by atoms with van der Waals surface area (Å²) in [7, 11) is 0. The van der Waals surface area contributed by atoms with Crippen molar-refractivity contribution in [2.24, 2.45) is 0 Å². The van der Waals surface area contributed by atoms with Gasteiger partial charge in [-0.05, 0) is 18.6 Å². The second-order valence-corrected chi connectivity index (χ2v) is 4.25. The standard InChI is InChI=1S/C13H19N3O2/c1-2-3-7-16(8-9-17)13-15-12-10(14)5-4-6-11(12)18-13/h4-6,17H,2-3,7-9,14H2,1H3. The third-order valence-electron chi connectivity index (χ3n) is 2.86. The highest BCUT2D eigenvalue weighted by Gasteiger charge is 2.14. The predicted octanol–water partition coefficient (Wildman–Crippen LogP) is 2.01. The van der Waals surface area contributed by atoms with Crippen molar-refractivity contribution in [3.05, 3.63) is 18.2 Å². The number of nitrogens with zero attached hydrogens (tertiary/aromatic N) is 2. The lowest BCUT2D eigenvalue weighted by atomic mass is 10.3. The van der Waals surface area contributed by atoms with E-state index >= 15 is 0 Å². The fourth-order valence-corrected chi connectivity index (χ4v) is 1.87. The molecule has 98 valence electrons. The first kappa shape index (κ1) is 12.7. The summed E-state index contributed by atoms with van der Waals surface area (Å²) >= 11 is 0. The number of unbranched alkanes of at least 4 members (excludes halogenated alkanes) is 1. The lowest BCUT2D eigenvalue weighted by molar-refractivity contribution is 0.298. The van der Waals surface area contributed by atoms with Gasteiger partial charge in [-0.1, -0.05) is 19.4 Å². The van der Waals surface area contributed by atoms with Crippen molar-refractivity contribution in [3.63, 3.8) is 0 Å². The highest BCUT2D eigenvalue weighted by Crippen LogP contribution is 2.25. The van der Waals surface area contributed by atoms with Gasteiger partial charge < -0.3 is 20.2 Å². The number of nitrogens with two attached hydrogens (primary N) is 1. The van der Waals surface area contributed by atoms with Crippen molar-refractivity contribution in [3.8, 4) is 0 Å². The van der Waals surface area contributed by atoms with Gasteiger partial charge in [0.05, 0.1) is 12.3 Å². The Morgan fingerprint density at radius 2 is 2.22 bits per heavy atom. The first-order valence-corrected chi connectivity index (χ1v) is 6.27. The van der Waals surface area contributed by atoms with Crippen LogP contribution in [0.1, 0.15) is 19.8 Å². The number of anilines is 2. The number of aliphatic hydroxyl groups is 1. The Kier molecular flexibility index (Phi) is 4.04. The molecule has 5 nitrogen and oxygen atoms in total. The number of hydrogen-bond donors (Lipinski definition) is 2. The van der Waals surface area contributed by atoms with Crippen LogP contribution in [-0.2, 0) is 0 Å². The Bertz CT molecular complexity index is 510. The lowest BCUT2D eigenvalue weighted by Crippen LogP contribution is -2.27. The maximum atomic E-state index is 9.09. The second-order valence-electron chi connectivity index (χ2n) is 4.25. The molecule has 1 heterocycles. The number of nitrogen functional groups attached to an aromatic ring is 1. The number of benzene rings is 1. The molecule has 5 heteroatoms.